The molecule has 0 radical (unpaired) electrons. The molecule has 1 aromatic heterocycles. The fourth-order valence-electron chi connectivity index (χ4n) is 1.43. The number of hydrogen-bond donors (Lipinski definition) is 1. The zero-order valence-electron chi connectivity index (χ0n) is 10.3. The monoisotopic (exact) mass is 315 g/mol. The molecular formula is C12H10ClNO5S. The molecule has 0 unspecified atom stereocenters. The van der Waals surface area contributed by atoms with Crippen molar-refractivity contribution in [3.05, 3.63) is 47.2 Å². The molecule has 0 saturated heterocycles. The molecule has 20 heavy (non-hydrogen) atoms. The van der Waals surface area contributed by atoms with Gasteiger partial charge in [-0.25, -0.2) is 4.79 Å². The molecule has 0 aliphatic carbocycles. The fourth-order valence-corrected chi connectivity index (χ4v) is 2.61. The number of nitrogens with one attached hydrogen (secondary N) is 1. The Hall–Kier alpha value is -1.99. The second-order valence-electron chi connectivity index (χ2n) is 3.73. The average Bonchev–Trinajstić information content (AvgIpc) is 2.87. The van der Waals surface area contributed by atoms with Crippen LogP contribution in [0.4, 0.5) is 5.69 Å². The minimum absolute atomic E-state index is 0.195. The van der Waals surface area contributed by atoms with Crippen LogP contribution < -0.4 is 4.72 Å². The lowest BCUT2D eigenvalue weighted by Crippen LogP contribution is -2.12. The van der Waals surface area contributed by atoms with Gasteiger partial charge in [0.2, 0.25) is 10.9 Å². The Labute approximate surface area is 120 Å². The Morgan fingerprint density at radius 1 is 1.30 bits per heavy atom. The van der Waals surface area contributed by atoms with Crippen molar-refractivity contribution in [1.82, 2.24) is 0 Å². The molecular weight excluding hydrogens is 306 g/mol. The van der Waals surface area contributed by atoms with Crippen molar-refractivity contribution in [1.29, 1.82) is 0 Å². The van der Waals surface area contributed by atoms with E-state index in [2.05, 4.69) is 9.46 Å². The van der Waals surface area contributed by atoms with Crippen molar-refractivity contribution in [2.45, 2.75) is 5.09 Å². The van der Waals surface area contributed by atoms with E-state index < -0.39 is 21.1 Å². The molecule has 0 spiro atoms. The van der Waals surface area contributed by atoms with Crippen LogP contribution >= 0.6 is 11.6 Å². The molecule has 2 rings (SSSR count). The van der Waals surface area contributed by atoms with Gasteiger partial charge < -0.3 is 9.15 Å². The Kier molecular flexibility index (Phi) is 4.01. The van der Waals surface area contributed by atoms with Gasteiger partial charge in [0.05, 0.1) is 12.8 Å². The van der Waals surface area contributed by atoms with Crippen molar-refractivity contribution >= 4 is 33.3 Å². The third-order valence-electron chi connectivity index (χ3n) is 2.31. The Bertz CT molecular complexity index is 738. The van der Waals surface area contributed by atoms with Crippen molar-refractivity contribution in [3.63, 3.8) is 0 Å². The number of carbonyl (C=O) groups is 1. The summed E-state index contributed by atoms with van der Waals surface area (Å²) in [6.07, 6.45) is 0. The number of methoxy groups -OCH3 is 1. The van der Waals surface area contributed by atoms with Gasteiger partial charge in [0.15, 0.2) is 0 Å². The summed E-state index contributed by atoms with van der Waals surface area (Å²) in [7, 11) is -2.76. The first-order chi connectivity index (χ1) is 9.42. The molecule has 0 saturated carbocycles. The normalized spacial score (nSPS) is 11.1. The molecule has 0 fully saturated rings. The van der Waals surface area contributed by atoms with Crippen molar-refractivity contribution in [2.75, 3.05) is 11.8 Å². The molecule has 0 atom stereocenters. The minimum Gasteiger partial charge on any atom is -0.463 e. The van der Waals surface area contributed by atoms with E-state index in [1.165, 1.54) is 31.4 Å². The van der Waals surface area contributed by atoms with E-state index in [1.54, 1.807) is 12.1 Å². The number of ether oxygens (including phenoxy) is 1. The first-order valence-corrected chi connectivity index (χ1v) is 7.25. The first-order valence-electron chi connectivity index (χ1n) is 5.39. The molecule has 0 bridgehead atoms. The largest absolute Gasteiger partial charge is 0.463 e. The standard InChI is InChI=1S/C12H10ClNO5S/c1-18-12(15)10-5-6-11(19-10)20(16,17)14-9-4-2-3-8(13)7-9/h2-7,14H,1H3. The minimum atomic E-state index is -3.93. The van der Waals surface area contributed by atoms with E-state index in [9.17, 15) is 13.2 Å². The predicted molar refractivity (Wildman–Crippen MR) is 72.3 cm³/mol. The highest BCUT2D eigenvalue weighted by Crippen LogP contribution is 2.21. The third kappa shape index (κ3) is 3.12. The van der Waals surface area contributed by atoms with E-state index in [-0.39, 0.29) is 11.4 Å². The molecule has 2 aromatic rings. The maximum absolute atomic E-state index is 12.0. The van der Waals surface area contributed by atoms with Gasteiger partial charge in [-0.05, 0) is 30.3 Å². The number of anilines is 1. The summed E-state index contributed by atoms with van der Waals surface area (Å²) in [6, 6.07) is 8.58. The molecule has 6 nitrogen and oxygen atoms in total. The lowest BCUT2D eigenvalue weighted by atomic mass is 10.3. The van der Waals surface area contributed by atoms with Gasteiger partial charge in [0.25, 0.3) is 10.0 Å². The van der Waals surface area contributed by atoms with Crippen LogP contribution in [-0.4, -0.2) is 21.5 Å². The molecule has 1 heterocycles. The number of rotatable bonds is 4. The number of furan rings is 1. The lowest BCUT2D eigenvalue weighted by molar-refractivity contribution is 0.0559. The summed E-state index contributed by atoms with van der Waals surface area (Å²) >= 11 is 5.76. The zero-order valence-corrected chi connectivity index (χ0v) is 11.9. The number of hydrogen-bond acceptors (Lipinski definition) is 5. The Morgan fingerprint density at radius 2 is 2.05 bits per heavy atom. The van der Waals surface area contributed by atoms with Crippen LogP contribution in [-0.2, 0) is 14.8 Å². The third-order valence-corrected chi connectivity index (χ3v) is 3.80. The van der Waals surface area contributed by atoms with Gasteiger partial charge >= 0.3 is 5.97 Å². The SMILES string of the molecule is COC(=O)c1ccc(S(=O)(=O)Nc2cccc(Cl)c2)o1. The second kappa shape index (κ2) is 5.56. The van der Waals surface area contributed by atoms with Gasteiger partial charge in [-0.1, -0.05) is 17.7 Å². The van der Waals surface area contributed by atoms with E-state index in [0.29, 0.717) is 5.02 Å². The van der Waals surface area contributed by atoms with Crippen molar-refractivity contribution < 1.29 is 22.4 Å². The highest BCUT2D eigenvalue weighted by molar-refractivity contribution is 7.92. The van der Waals surface area contributed by atoms with Gasteiger partial charge in [-0.15, -0.1) is 0 Å². The summed E-state index contributed by atoms with van der Waals surface area (Å²) in [6.45, 7) is 0. The molecule has 106 valence electrons. The quantitative estimate of drug-likeness (QED) is 0.876. The van der Waals surface area contributed by atoms with E-state index >= 15 is 0 Å². The average molecular weight is 316 g/mol. The van der Waals surface area contributed by atoms with Crippen LogP contribution in [0.2, 0.25) is 5.02 Å². The van der Waals surface area contributed by atoms with Gasteiger partial charge in [0, 0.05) is 5.02 Å². The molecule has 0 aliphatic rings. The van der Waals surface area contributed by atoms with Crippen LogP contribution in [0.1, 0.15) is 10.6 Å². The smallest absolute Gasteiger partial charge is 0.374 e. The molecule has 8 heteroatoms. The van der Waals surface area contributed by atoms with Crippen LogP contribution in [0.3, 0.4) is 0 Å². The first kappa shape index (κ1) is 14.4. The van der Waals surface area contributed by atoms with Gasteiger partial charge in [-0.3, -0.25) is 4.72 Å². The fraction of sp³-hybridized carbons (Fsp3) is 0.0833. The van der Waals surface area contributed by atoms with Crippen molar-refractivity contribution in [2.24, 2.45) is 0 Å². The summed E-state index contributed by atoms with van der Waals surface area (Å²) < 4.78 is 35.7. The summed E-state index contributed by atoms with van der Waals surface area (Å²) in [5.41, 5.74) is 0.286. The lowest BCUT2D eigenvalue weighted by Gasteiger charge is -2.05. The van der Waals surface area contributed by atoms with Crippen LogP contribution in [0.15, 0.2) is 45.9 Å². The number of carbonyl (C=O) groups excluding carboxylic acids is 1. The Morgan fingerprint density at radius 3 is 2.70 bits per heavy atom. The van der Waals surface area contributed by atoms with E-state index in [0.717, 1.165) is 0 Å². The number of sulfonamides is 1. The summed E-state index contributed by atoms with van der Waals surface area (Å²) in [5, 5.41) is -0.00206. The van der Waals surface area contributed by atoms with Gasteiger partial charge in [-0.2, -0.15) is 8.42 Å². The summed E-state index contributed by atoms with van der Waals surface area (Å²) in [4.78, 5) is 11.2. The highest BCUT2D eigenvalue weighted by atomic mass is 35.5. The topological polar surface area (TPSA) is 85.6 Å². The molecule has 1 N–H and O–H groups in total. The van der Waals surface area contributed by atoms with Crippen LogP contribution in [0.5, 0.6) is 0 Å². The van der Waals surface area contributed by atoms with Crippen LogP contribution in [0, 0.1) is 0 Å². The Balaban J connectivity index is 2.27. The molecule has 0 amide bonds. The van der Waals surface area contributed by atoms with Crippen molar-refractivity contribution in [3.8, 4) is 0 Å². The zero-order chi connectivity index (χ0) is 14.8. The maximum Gasteiger partial charge on any atom is 0.374 e. The van der Waals surface area contributed by atoms with Gasteiger partial charge in [0.1, 0.15) is 0 Å². The number of benzene rings is 1. The molecule has 0 aliphatic heterocycles. The number of halogens is 1. The highest BCUT2D eigenvalue weighted by Gasteiger charge is 2.21. The van der Waals surface area contributed by atoms with E-state index in [4.69, 9.17) is 16.0 Å². The molecule has 1 aromatic carbocycles. The van der Waals surface area contributed by atoms with Crippen LogP contribution in [0.25, 0.3) is 0 Å². The predicted octanol–water partition coefficient (Wildman–Crippen LogP) is 2.52. The summed E-state index contributed by atoms with van der Waals surface area (Å²) in [5.74, 6) is -0.951. The second-order valence-corrected chi connectivity index (χ2v) is 5.78. The maximum atomic E-state index is 12.0. The number of esters is 1. The van der Waals surface area contributed by atoms with E-state index in [1.807, 2.05) is 0 Å².